The van der Waals surface area contributed by atoms with E-state index in [0.717, 1.165) is 33.5 Å². The molecule has 0 unspecified atom stereocenters. The second kappa shape index (κ2) is 5.77. The lowest BCUT2D eigenvalue weighted by atomic mass is 10.0. The van der Waals surface area contributed by atoms with Gasteiger partial charge in [0.1, 0.15) is 5.82 Å². The average Bonchev–Trinajstić information content (AvgIpc) is 2.54. The molecular weight excluding hydrogens is 274 g/mol. The van der Waals surface area contributed by atoms with Crippen molar-refractivity contribution >= 4 is 22.5 Å². The highest BCUT2D eigenvalue weighted by atomic mass is 16.1. The number of rotatable bonds is 3. The average molecular weight is 289 g/mol. The minimum Gasteiger partial charge on any atom is -0.323 e. The number of nitrogens with zero attached hydrogens (tertiary/aromatic N) is 2. The third-order valence-electron chi connectivity index (χ3n) is 3.35. The summed E-state index contributed by atoms with van der Waals surface area (Å²) < 4.78 is 0. The van der Waals surface area contributed by atoms with Crippen LogP contribution in [0.3, 0.4) is 0 Å². The molecule has 0 radical (unpaired) electrons. The highest BCUT2D eigenvalue weighted by molar-refractivity contribution is 5.99. The van der Waals surface area contributed by atoms with Crippen molar-refractivity contribution in [3.05, 3.63) is 67.1 Å². The van der Waals surface area contributed by atoms with Crippen LogP contribution >= 0.6 is 0 Å². The molecule has 0 aliphatic heterocycles. The van der Waals surface area contributed by atoms with Crippen molar-refractivity contribution in [3.63, 3.8) is 0 Å². The minimum atomic E-state index is -0.223. The summed E-state index contributed by atoms with van der Waals surface area (Å²) in [4.78, 5) is 20.0. The molecule has 0 saturated heterocycles. The number of carbonyl (C=O) groups is 1. The Labute approximate surface area is 128 Å². The van der Waals surface area contributed by atoms with Crippen molar-refractivity contribution < 1.29 is 4.79 Å². The summed E-state index contributed by atoms with van der Waals surface area (Å²) in [5.74, 6) is 0.524. The van der Waals surface area contributed by atoms with E-state index in [2.05, 4.69) is 21.9 Å². The molecule has 1 heterocycles. The topological polar surface area (TPSA) is 54.9 Å². The molecular formula is C18H15N3O. The summed E-state index contributed by atoms with van der Waals surface area (Å²) in [6.07, 6.45) is 3.07. The fourth-order valence-electron chi connectivity index (χ4n) is 2.27. The summed E-state index contributed by atoms with van der Waals surface area (Å²) in [7, 11) is 0. The number of anilines is 1. The lowest BCUT2D eigenvalue weighted by Gasteiger charge is -2.07. The Balaban J connectivity index is 2.01. The SMILES string of the molecule is C=CC(=O)Nc1cccc(-c2ccc3cnc(C)nc3c2)c1. The molecule has 0 atom stereocenters. The zero-order valence-electron chi connectivity index (χ0n) is 12.2. The molecule has 0 aliphatic rings. The molecule has 3 aromatic rings. The number of nitrogens with one attached hydrogen (secondary N) is 1. The first kappa shape index (κ1) is 13.9. The van der Waals surface area contributed by atoms with Gasteiger partial charge in [0, 0.05) is 17.3 Å². The number of carbonyl (C=O) groups excluding carboxylic acids is 1. The van der Waals surface area contributed by atoms with E-state index >= 15 is 0 Å². The molecule has 0 fully saturated rings. The Hall–Kier alpha value is -3.01. The zero-order chi connectivity index (χ0) is 15.5. The van der Waals surface area contributed by atoms with Gasteiger partial charge in [-0.15, -0.1) is 0 Å². The minimum absolute atomic E-state index is 0.223. The Morgan fingerprint density at radius 1 is 1.18 bits per heavy atom. The Morgan fingerprint density at radius 2 is 2.00 bits per heavy atom. The van der Waals surface area contributed by atoms with Gasteiger partial charge in [-0.25, -0.2) is 9.97 Å². The van der Waals surface area contributed by atoms with E-state index in [1.807, 2.05) is 55.6 Å². The van der Waals surface area contributed by atoms with Gasteiger partial charge in [-0.2, -0.15) is 0 Å². The van der Waals surface area contributed by atoms with E-state index in [0.29, 0.717) is 0 Å². The molecule has 22 heavy (non-hydrogen) atoms. The molecule has 4 nitrogen and oxygen atoms in total. The molecule has 2 aromatic carbocycles. The Morgan fingerprint density at radius 3 is 2.82 bits per heavy atom. The third kappa shape index (κ3) is 2.86. The maximum Gasteiger partial charge on any atom is 0.247 e. The van der Waals surface area contributed by atoms with Crippen LogP contribution in [-0.4, -0.2) is 15.9 Å². The molecule has 108 valence electrons. The van der Waals surface area contributed by atoms with Crippen molar-refractivity contribution in [1.29, 1.82) is 0 Å². The Bertz CT molecular complexity index is 871. The summed E-state index contributed by atoms with van der Waals surface area (Å²) in [5, 5.41) is 3.77. The van der Waals surface area contributed by atoms with Gasteiger partial charge in [0.05, 0.1) is 5.52 Å². The summed E-state index contributed by atoms with van der Waals surface area (Å²) >= 11 is 0. The predicted octanol–water partition coefficient (Wildman–Crippen LogP) is 3.73. The first-order valence-electron chi connectivity index (χ1n) is 6.93. The van der Waals surface area contributed by atoms with E-state index in [9.17, 15) is 4.79 Å². The maximum absolute atomic E-state index is 11.4. The van der Waals surface area contributed by atoms with Gasteiger partial charge in [0.15, 0.2) is 0 Å². The lowest BCUT2D eigenvalue weighted by Crippen LogP contribution is -2.06. The molecule has 4 heteroatoms. The van der Waals surface area contributed by atoms with E-state index in [-0.39, 0.29) is 5.91 Å². The normalized spacial score (nSPS) is 10.4. The number of amides is 1. The van der Waals surface area contributed by atoms with Crippen molar-refractivity contribution in [1.82, 2.24) is 9.97 Å². The van der Waals surface area contributed by atoms with Gasteiger partial charge in [0.25, 0.3) is 0 Å². The molecule has 0 saturated carbocycles. The number of fused-ring (bicyclic) bond motifs is 1. The van der Waals surface area contributed by atoms with Crippen LogP contribution in [0.4, 0.5) is 5.69 Å². The quantitative estimate of drug-likeness (QED) is 0.747. The van der Waals surface area contributed by atoms with Crippen LogP contribution in [0.15, 0.2) is 61.3 Å². The van der Waals surface area contributed by atoms with E-state index in [1.54, 1.807) is 0 Å². The predicted molar refractivity (Wildman–Crippen MR) is 88.5 cm³/mol. The number of aromatic nitrogens is 2. The molecule has 1 aromatic heterocycles. The molecule has 1 N–H and O–H groups in total. The van der Waals surface area contributed by atoms with Crippen LogP contribution in [0, 0.1) is 6.92 Å². The van der Waals surface area contributed by atoms with Gasteiger partial charge in [-0.3, -0.25) is 4.79 Å². The zero-order valence-corrected chi connectivity index (χ0v) is 12.2. The van der Waals surface area contributed by atoms with Crippen LogP contribution in [0.1, 0.15) is 5.82 Å². The number of hydrogen-bond donors (Lipinski definition) is 1. The van der Waals surface area contributed by atoms with Gasteiger partial charge in [-0.1, -0.05) is 30.8 Å². The second-order valence-corrected chi connectivity index (χ2v) is 4.96. The van der Waals surface area contributed by atoms with Crippen LogP contribution < -0.4 is 5.32 Å². The third-order valence-corrected chi connectivity index (χ3v) is 3.35. The smallest absolute Gasteiger partial charge is 0.247 e. The maximum atomic E-state index is 11.4. The first-order chi connectivity index (χ1) is 10.7. The van der Waals surface area contributed by atoms with E-state index in [4.69, 9.17) is 0 Å². The van der Waals surface area contributed by atoms with Crippen molar-refractivity contribution in [3.8, 4) is 11.1 Å². The highest BCUT2D eigenvalue weighted by Gasteiger charge is 2.04. The Kier molecular flexibility index (Phi) is 3.66. The highest BCUT2D eigenvalue weighted by Crippen LogP contribution is 2.25. The van der Waals surface area contributed by atoms with Crippen LogP contribution in [0.25, 0.3) is 22.0 Å². The lowest BCUT2D eigenvalue weighted by molar-refractivity contribution is -0.111. The molecule has 0 spiro atoms. The monoisotopic (exact) mass is 289 g/mol. The van der Waals surface area contributed by atoms with Crippen LogP contribution in [0.5, 0.6) is 0 Å². The summed E-state index contributed by atoms with van der Waals surface area (Å²) in [5.41, 5.74) is 3.70. The van der Waals surface area contributed by atoms with Gasteiger partial charge in [0.2, 0.25) is 5.91 Å². The van der Waals surface area contributed by atoms with Gasteiger partial charge < -0.3 is 5.32 Å². The standard InChI is InChI=1S/C18H15N3O/c1-3-18(22)21-16-6-4-5-13(9-16)14-7-8-15-11-19-12(2)20-17(15)10-14/h3-11H,1H2,2H3,(H,21,22). The molecule has 3 rings (SSSR count). The molecule has 1 amide bonds. The summed E-state index contributed by atoms with van der Waals surface area (Å²) in [6, 6.07) is 13.7. The fourth-order valence-corrected chi connectivity index (χ4v) is 2.27. The summed E-state index contributed by atoms with van der Waals surface area (Å²) in [6.45, 7) is 5.33. The van der Waals surface area contributed by atoms with Crippen molar-refractivity contribution in [2.45, 2.75) is 6.92 Å². The second-order valence-electron chi connectivity index (χ2n) is 4.96. The van der Waals surface area contributed by atoms with Gasteiger partial charge in [-0.05, 0) is 42.3 Å². The number of benzene rings is 2. The molecule has 0 aliphatic carbocycles. The van der Waals surface area contributed by atoms with Crippen molar-refractivity contribution in [2.24, 2.45) is 0 Å². The molecule has 0 bridgehead atoms. The van der Waals surface area contributed by atoms with E-state index < -0.39 is 0 Å². The van der Waals surface area contributed by atoms with E-state index in [1.165, 1.54) is 6.08 Å². The largest absolute Gasteiger partial charge is 0.323 e. The van der Waals surface area contributed by atoms with Crippen LogP contribution in [-0.2, 0) is 4.79 Å². The van der Waals surface area contributed by atoms with Crippen molar-refractivity contribution in [2.75, 3.05) is 5.32 Å². The van der Waals surface area contributed by atoms with Gasteiger partial charge >= 0.3 is 0 Å². The number of aryl methyl sites for hydroxylation is 1. The fraction of sp³-hybridized carbons (Fsp3) is 0.0556. The van der Waals surface area contributed by atoms with Crippen LogP contribution in [0.2, 0.25) is 0 Å². The number of hydrogen-bond acceptors (Lipinski definition) is 3. The first-order valence-corrected chi connectivity index (χ1v) is 6.93.